The number of nitrogen functional groups attached to an aromatic ring is 1. The van der Waals surface area contributed by atoms with Crippen LogP contribution in [-0.2, 0) is 6.54 Å². The summed E-state index contributed by atoms with van der Waals surface area (Å²) in [7, 11) is 0. The molecule has 0 spiro atoms. The number of rotatable bonds is 4. The van der Waals surface area contributed by atoms with Crippen LogP contribution >= 0.6 is 11.3 Å². The van der Waals surface area contributed by atoms with E-state index in [1.807, 2.05) is 11.7 Å². The Kier molecular flexibility index (Phi) is 3.89. The third kappa shape index (κ3) is 2.84. The van der Waals surface area contributed by atoms with Gasteiger partial charge in [0.05, 0.1) is 24.1 Å². The van der Waals surface area contributed by atoms with Crippen molar-refractivity contribution in [3.05, 3.63) is 35.2 Å². The van der Waals surface area contributed by atoms with Gasteiger partial charge in [-0.15, -0.1) is 11.3 Å². The molecule has 0 aromatic carbocycles. The summed E-state index contributed by atoms with van der Waals surface area (Å²) in [5.74, 6) is -0.189. The van der Waals surface area contributed by atoms with Crippen LogP contribution in [0.1, 0.15) is 47.8 Å². The fourth-order valence-corrected chi connectivity index (χ4v) is 3.73. The number of fused-ring (bicyclic) bond motifs is 1. The van der Waals surface area contributed by atoms with Crippen molar-refractivity contribution in [2.75, 3.05) is 5.73 Å². The Morgan fingerprint density at radius 1 is 1.38 bits per heavy atom. The quantitative estimate of drug-likeness (QED) is 0.759. The van der Waals surface area contributed by atoms with E-state index in [9.17, 15) is 4.79 Å². The number of nitrogens with zero attached hydrogens (tertiary/aromatic N) is 4. The maximum Gasteiger partial charge on any atom is 0.253 e. The van der Waals surface area contributed by atoms with Crippen LogP contribution in [0.4, 0.5) is 5.13 Å². The number of imidazole rings is 1. The molecule has 4 rings (SSSR count). The summed E-state index contributed by atoms with van der Waals surface area (Å²) in [4.78, 5) is 25.3. The van der Waals surface area contributed by atoms with E-state index in [4.69, 9.17) is 5.73 Å². The molecular weight excluding hydrogens is 324 g/mol. The SMILES string of the molecule is Nc1nc(CNC(=O)c2cnc3c(c2)ncn3C2CCCC2)cs1. The zero-order valence-corrected chi connectivity index (χ0v) is 13.9. The zero-order valence-electron chi connectivity index (χ0n) is 13.1. The van der Waals surface area contributed by atoms with E-state index in [0.29, 0.717) is 23.3 Å². The van der Waals surface area contributed by atoms with Gasteiger partial charge in [-0.2, -0.15) is 0 Å². The lowest BCUT2D eigenvalue weighted by molar-refractivity contribution is 0.0950. The van der Waals surface area contributed by atoms with Gasteiger partial charge in [0.1, 0.15) is 5.52 Å². The number of thiazole rings is 1. The molecule has 3 aromatic heterocycles. The maximum atomic E-state index is 12.3. The second kappa shape index (κ2) is 6.20. The predicted molar refractivity (Wildman–Crippen MR) is 92.7 cm³/mol. The third-order valence-corrected chi connectivity index (χ3v) is 5.12. The molecule has 3 heterocycles. The lowest BCUT2D eigenvalue weighted by Crippen LogP contribution is -2.23. The van der Waals surface area contributed by atoms with Crippen LogP contribution in [0.3, 0.4) is 0 Å². The number of nitrogens with two attached hydrogens (primary N) is 1. The van der Waals surface area contributed by atoms with Crippen molar-refractivity contribution in [1.82, 2.24) is 24.8 Å². The summed E-state index contributed by atoms with van der Waals surface area (Å²) in [6.07, 6.45) is 8.31. The first kappa shape index (κ1) is 15.1. The van der Waals surface area contributed by atoms with Gasteiger partial charge in [-0.05, 0) is 18.9 Å². The first-order valence-electron chi connectivity index (χ1n) is 8.01. The molecule has 0 bridgehead atoms. The largest absolute Gasteiger partial charge is 0.375 e. The average molecular weight is 342 g/mol. The van der Waals surface area contributed by atoms with Crippen LogP contribution in [0, 0.1) is 0 Å². The summed E-state index contributed by atoms with van der Waals surface area (Å²) in [5, 5.41) is 5.16. The third-order valence-electron chi connectivity index (χ3n) is 4.39. The van der Waals surface area contributed by atoms with E-state index in [0.717, 1.165) is 16.9 Å². The van der Waals surface area contributed by atoms with Gasteiger partial charge in [-0.1, -0.05) is 12.8 Å². The molecular formula is C16H18N6OS. The Hall–Kier alpha value is -2.48. The fourth-order valence-electron chi connectivity index (χ4n) is 3.17. The molecule has 3 aromatic rings. The molecule has 1 fully saturated rings. The zero-order chi connectivity index (χ0) is 16.5. The molecule has 0 aliphatic heterocycles. The summed E-state index contributed by atoms with van der Waals surface area (Å²) in [5.41, 5.74) is 8.45. The molecule has 1 amide bonds. The summed E-state index contributed by atoms with van der Waals surface area (Å²) in [6.45, 7) is 0.348. The highest BCUT2D eigenvalue weighted by Gasteiger charge is 2.20. The summed E-state index contributed by atoms with van der Waals surface area (Å²) in [6, 6.07) is 2.27. The van der Waals surface area contributed by atoms with E-state index in [1.165, 1.54) is 37.0 Å². The first-order chi connectivity index (χ1) is 11.7. The second-order valence-corrected chi connectivity index (χ2v) is 6.91. The van der Waals surface area contributed by atoms with Gasteiger partial charge in [0, 0.05) is 17.6 Å². The highest BCUT2D eigenvalue weighted by atomic mass is 32.1. The van der Waals surface area contributed by atoms with E-state index in [1.54, 1.807) is 12.3 Å². The minimum absolute atomic E-state index is 0.189. The number of hydrogen-bond donors (Lipinski definition) is 2. The van der Waals surface area contributed by atoms with Gasteiger partial charge in [0.25, 0.3) is 5.91 Å². The topological polar surface area (TPSA) is 98.7 Å². The highest BCUT2D eigenvalue weighted by Crippen LogP contribution is 2.31. The number of pyridine rings is 1. The second-order valence-electron chi connectivity index (χ2n) is 6.02. The van der Waals surface area contributed by atoms with Crippen molar-refractivity contribution in [2.45, 2.75) is 38.3 Å². The molecule has 7 nitrogen and oxygen atoms in total. The molecule has 1 aliphatic rings. The molecule has 8 heteroatoms. The summed E-state index contributed by atoms with van der Waals surface area (Å²) < 4.78 is 2.14. The maximum absolute atomic E-state index is 12.3. The predicted octanol–water partition coefficient (Wildman–Crippen LogP) is 2.52. The number of carbonyl (C=O) groups is 1. The lowest BCUT2D eigenvalue weighted by atomic mass is 10.2. The van der Waals surface area contributed by atoms with E-state index >= 15 is 0 Å². The minimum atomic E-state index is -0.189. The van der Waals surface area contributed by atoms with Crippen LogP contribution in [0.2, 0.25) is 0 Å². The Morgan fingerprint density at radius 2 is 2.21 bits per heavy atom. The monoisotopic (exact) mass is 342 g/mol. The van der Waals surface area contributed by atoms with Crippen molar-refractivity contribution in [3.8, 4) is 0 Å². The fraction of sp³-hybridized carbons (Fsp3) is 0.375. The normalized spacial score (nSPS) is 15.2. The molecule has 1 aliphatic carbocycles. The smallest absolute Gasteiger partial charge is 0.253 e. The molecule has 0 radical (unpaired) electrons. The van der Waals surface area contributed by atoms with Crippen molar-refractivity contribution in [1.29, 1.82) is 0 Å². The van der Waals surface area contributed by atoms with Gasteiger partial charge >= 0.3 is 0 Å². The number of nitrogens with one attached hydrogen (secondary N) is 1. The van der Waals surface area contributed by atoms with Gasteiger partial charge in [0.2, 0.25) is 0 Å². The van der Waals surface area contributed by atoms with Gasteiger partial charge < -0.3 is 15.6 Å². The van der Waals surface area contributed by atoms with Crippen molar-refractivity contribution >= 4 is 33.5 Å². The van der Waals surface area contributed by atoms with Crippen LogP contribution in [0.5, 0.6) is 0 Å². The van der Waals surface area contributed by atoms with Crippen LogP contribution < -0.4 is 11.1 Å². The number of anilines is 1. The molecule has 0 unspecified atom stereocenters. The van der Waals surface area contributed by atoms with Crippen molar-refractivity contribution in [3.63, 3.8) is 0 Å². The lowest BCUT2D eigenvalue weighted by Gasteiger charge is -2.11. The van der Waals surface area contributed by atoms with Crippen molar-refractivity contribution in [2.24, 2.45) is 0 Å². The molecule has 0 saturated heterocycles. The number of aromatic nitrogens is 4. The highest BCUT2D eigenvalue weighted by molar-refractivity contribution is 7.13. The Labute approximate surface area is 142 Å². The molecule has 3 N–H and O–H groups in total. The Balaban J connectivity index is 1.51. The standard InChI is InChI=1S/C16H18N6OS/c17-16-21-11(8-24-16)7-19-15(23)10-5-13-14(18-6-10)22(9-20-13)12-3-1-2-4-12/h5-6,8-9,12H,1-4,7H2,(H2,17,21)(H,19,23). The summed E-state index contributed by atoms with van der Waals surface area (Å²) >= 11 is 1.36. The van der Waals surface area contributed by atoms with Crippen molar-refractivity contribution < 1.29 is 4.79 Å². The van der Waals surface area contributed by atoms with Gasteiger partial charge in [-0.25, -0.2) is 15.0 Å². The van der Waals surface area contributed by atoms with E-state index in [-0.39, 0.29) is 5.91 Å². The van der Waals surface area contributed by atoms with Crippen LogP contribution in [0.25, 0.3) is 11.2 Å². The van der Waals surface area contributed by atoms with Crippen LogP contribution in [-0.4, -0.2) is 25.4 Å². The van der Waals surface area contributed by atoms with E-state index < -0.39 is 0 Å². The number of carbonyl (C=O) groups excluding carboxylic acids is 1. The first-order valence-corrected chi connectivity index (χ1v) is 8.89. The number of hydrogen-bond acceptors (Lipinski definition) is 6. The van der Waals surface area contributed by atoms with Crippen LogP contribution in [0.15, 0.2) is 24.0 Å². The van der Waals surface area contributed by atoms with Gasteiger partial charge in [0.15, 0.2) is 10.8 Å². The molecule has 1 saturated carbocycles. The minimum Gasteiger partial charge on any atom is -0.375 e. The van der Waals surface area contributed by atoms with E-state index in [2.05, 4.69) is 24.8 Å². The Morgan fingerprint density at radius 3 is 2.96 bits per heavy atom. The molecule has 124 valence electrons. The Bertz CT molecular complexity index is 880. The number of amides is 1. The molecule has 24 heavy (non-hydrogen) atoms. The average Bonchev–Trinajstić information content (AvgIpc) is 3.32. The van der Waals surface area contributed by atoms with Gasteiger partial charge in [-0.3, -0.25) is 4.79 Å². The molecule has 0 atom stereocenters.